The molecule has 0 heterocycles. The van der Waals surface area contributed by atoms with Crippen molar-refractivity contribution in [3.8, 4) is 0 Å². The van der Waals surface area contributed by atoms with Gasteiger partial charge in [0.1, 0.15) is 5.82 Å². The lowest BCUT2D eigenvalue weighted by molar-refractivity contribution is 0.629. The first-order valence-corrected chi connectivity index (χ1v) is 6.00. The van der Waals surface area contributed by atoms with Crippen LogP contribution in [0, 0.1) is 5.82 Å². The molecule has 0 unspecified atom stereocenters. The second kappa shape index (κ2) is 4.94. The summed E-state index contributed by atoms with van der Waals surface area (Å²) in [7, 11) is 0. The Balaban J connectivity index is 2.30. The van der Waals surface area contributed by atoms with Crippen LogP contribution in [0.25, 0.3) is 0 Å². The molecule has 3 N–H and O–H groups in total. The summed E-state index contributed by atoms with van der Waals surface area (Å²) >= 11 is 8.96. The van der Waals surface area contributed by atoms with E-state index < -0.39 is 5.82 Å². The molecule has 0 spiro atoms. The Labute approximate surface area is 112 Å². The fourth-order valence-corrected chi connectivity index (χ4v) is 1.80. The highest BCUT2D eigenvalue weighted by Crippen LogP contribution is 2.29. The van der Waals surface area contributed by atoms with Gasteiger partial charge in [0.25, 0.3) is 0 Å². The lowest BCUT2D eigenvalue weighted by atomic mass is 10.2. The van der Waals surface area contributed by atoms with Gasteiger partial charge in [0.15, 0.2) is 0 Å². The zero-order chi connectivity index (χ0) is 12.4. The maximum Gasteiger partial charge on any atom is 0.144 e. The molecule has 88 valence electrons. The summed E-state index contributed by atoms with van der Waals surface area (Å²) in [6.45, 7) is 0. The number of hydrogen-bond acceptors (Lipinski definition) is 2. The second-order valence-electron chi connectivity index (χ2n) is 3.49. The SMILES string of the molecule is Nc1cc(Cl)c(F)cc1Nc1ccc(Br)cc1. The Hall–Kier alpha value is -1.26. The van der Waals surface area contributed by atoms with Crippen LogP contribution >= 0.6 is 27.5 Å². The molecule has 0 saturated carbocycles. The highest BCUT2D eigenvalue weighted by Gasteiger charge is 2.06. The van der Waals surface area contributed by atoms with Gasteiger partial charge in [-0.3, -0.25) is 0 Å². The molecule has 2 nitrogen and oxygen atoms in total. The van der Waals surface area contributed by atoms with Crippen molar-refractivity contribution in [2.75, 3.05) is 11.1 Å². The molecular formula is C12H9BrClFN2. The van der Waals surface area contributed by atoms with Crippen LogP contribution in [0.5, 0.6) is 0 Å². The van der Waals surface area contributed by atoms with E-state index in [9.17, 15) is 4.39 Å². The normalized spacial score (nSPS) is 10.3. The summed E-state index contributed by atoms with van der Waals surface area (Å²) in [6.07, 6.45) is 0. The van der Waals surface area contributed by atoms with Gasteiger partial charge < -0.3 is 11.1 Å². The van der Waals surface area contributed by atoms with Gasteiger partial charge in [-0.1, -0.05) is 27.5 Å². The first-order chi connectivity index (χ1) is 8.06. The fraction of sp³-hybridized carbons (Fsp3) is 0. The van der Waals surface area contributed by atoms with Gasteiger partial charge >= 0.3 is 0 Å². The van der Waals surface area contributed by atoms with Gasteiger partial charge in [-0.15, -0.1) is 0 Å². The molecule has 0 radical (unpaired) electrons. The van der Waals surface area contributed by atoms with Gasteiger partial charge in [-0.05, 0) is 30.3 Å². The molecule has 0 amide bonds. The smallest absolute Gasteiger partial charge is 0.144 e. The van der Waals surface area contributed by atoms with Crippen molar-refractivity contribution in [3.05, 3.63) is 51.7 Å². The van der Waals surface area contributed by atoms with Crippen LogP contribution in [0.15, 0.2) is 40.9 Å². The summed E-state index contributed by atoms with van der Waals surface area (Å²) < 4.78 is 14.3. The van der Waals surface area contributed by atoms with Crippen molar-refractivity contribution in [1.82, 2.24) is 0 Å². The Morgan fingerprint density at radius 2 is 1.82 bits per heavy atom. The van der Waals surface area contributed by atoms with Gasteiger partial charge in [0, 0.05) is 16.2 Å². The highest BCUT2D eigenvalue weighted by atomic mass is 79.9. The van der Waals surface area contributed by atoms with E-state index in [0.29, 0.717) is 11.4 Å². The van der Waals surface area contributed by atoms with Crippen molar-refractivity contribution in [3.63, 3.8) is 0 Å². The Kier molecular flexibility index (Phi) is 3.54. The third kappa shape index (κ3) is 2.90. The van der Waals surface area contributed by atoms with E-state index in [1.165, 1.54) is 12.1 Å². The van der Waals surface area contributed by atoms with Crippen molar-refractivity contribution in [2.24, 2.45) is 0 Å². The molecule has 2 aromatic rings. The van der Waals surface area contributed by atoms with E-state index in [1.807, 2.05) is 24.3 Å². The van der Waals surface area contributed by atoms with Crippen molar-refractivity contribution in [2.45, 2.75) is 0 Å². The zero-order valence-corrected chi connectivity index (χ0v) is 11.0. The standard InChI is InChI=1S/C12H9BrClFN2/c13-7-1-3-8(4-2-7)17-12-6-10(15)9(14)5-11(12)16/h1-6,17H,16H2. The molecule has 2 rings (SSSR count). The molecular weight excluding hydrogens is 307 g/mol. The number of rotatable bonds is 2. The zero-order valence-electron chi connectivity index (χ0n) is 8.68. The maximum atomic E-state index is 13.3. The van der Waals surface area contributed by atoms with Crippen LogP contribution in [0.4, 0.5) is 21.5 Å². The van der Waals surface area contributed by atoms with E-state index in [0.717, 1.165) is 10.2 Å². The van der Waals surface area contributed by atoms with Gasteiger partial charge in [-0.2, -0.15) is 0 Å². The molecule has 0 aliphatic rings. The molecule has 0 aromatic heterocycles. The summed E-state index contributed by atoms with van der Waals surface area (Å²) in [5.74, 6) is -0.500. The Morgan fingerprint density at radius 1 is 1.18 bits per heavy atom. The molecule has 0 aliphatic carbocycles. The highest BCUT2D eigenvalue weighted by molar-refractivity contribution is 9.10. The fourth-order valence-electron chi connectivity index (χ4n) is 1.36. The number of nitrogens with two attached hydrogens (primary N) is 1. The Morgan fingerprint density at radius 3 is 2.47 bits per heavy atom. The van der Waals surface area contributed by atoms with Crippen molar-refractivity contribution >= 4 is 44.6 Å². The van der Waals surface area contributed by atoms with Crippen LogP contribution in [-0.4, -0.2) is 0 Å². The number of hydrogen-bond donors (Lipinski definition) is 2. The van der Waals surface area contributed by atoms with Crippen molar-refractivity contribution in [1.29, 1.82) is 0 Å². The van der Waals surface area contributed by atoms with E-state index in [4.69, 9.17) is 17.3 Å². The van der Waals surface area contributed by atoms with E-state index in [2.05, 4.69) is 21.2 Å². The summed E-state index contributed by atoms with van der Waals surface area (Å²) in [5, 5.41) is 3.04. The minimum Gasteiger partial charge on any atom is -0.397 e. The second-order valence-corrected chi connectivity index (χ2v) is 4.81. The first-order valence-electron chi connectivity index (χ1n) is 4.83. The molecule has 0 atom stereocenters. The van der Waals surface area contributed by atoms with Crippen LogP contribution < -0.4 is 11.1 Å². The topological polar surface area (TPSA) is 38.0 Å². The molecule has 5 heteroatoms. The van der Waals surface area contributed by atoms with Crippen LogP contribution in [0.1, 0.15) is 0 Å². The summed E-state index contributed by atoms with van der Waals surface area (Å²) in [6, 6.07) is 10.1. The molecule has 0 fully saturated rings. The molecule has 0 aliphatic heterocycles. The third-order valence-corrected chi connectivity index (χ3v) is 3.03. The van der Waals surface area contributed by atoms with Crippen molar-refractivity contribution < 1.29 is 4.39 Å². The minimum atomic E-state index is -0.500. The largest absolute Gasteiger partial charge is 0.397 e. The number of benzene rings is 2. The predicted molar refractivity (Wildman–Crippen MR) is 73.2 cm³/mol. The predicted octanol–water partition coefficient (Wildman–Crippen LogP) is 4.57. The van der Waals surface area contributed by atoms with Gasteiger partial charge in [0.05, 0.1) is 16.4 Å². The van der Waals surface area contributed by atoms with Crippen LogP contribution in [-0.2, 0) is 0 Å². The average Bonchev–Trinajstić information content (AvgIpc) is 2.29. The molecule has 0 bridgehead atoms. The van der Waals surface area contributed by atoms with E-state index in [-0.39, 0.29) is 5.02 Å². The molecule has 17 heavy (non-hydrogen) atoms. The number of nitrogens with one attached hydrogen (secondary N) is 1. The van der Waals surface area contributed by atoms with E-state index >= 15 is 0 Å². The summed E-state index contributed by atoms with van der Waals surface area (Å²) in [4.78, 5) is 0. The van der Waals surface area contributed by atoms with Crippen LogP contribution in [0.3, 0.4) is 0 Å². The Bertz CT molecular complexity index is 543. The maximum absolute atomic E-state index is 13.3. The number of halogens is 3. The van der Waals surface area contributed by atoms with Gasteiger partial charge in [0.2, 0.25) is 0 Å². The lowest BCUT2D eigenvalue weighted by Gasteiger charge is -2.10. The van der Waals surface area contributed by atoms with Crippen LogP contribution in [0.2, 0.25) is 5.02 Å². The minimum absolute atomic E-state index is 0.0175. The molecule has 0 saturated heterocycles. The lowest BCUT2D eigenvalue weighted by Crippen LogP contribution is -1.97. The number of nitrogen functional groups attached to an aromatic ring is 1. The monoisotopic (exact) mass is 314 g/mol. The summed E-state index contributed by atoms with van der Waals surface area (Å²) in [5.41, 5.74) is 7.46. The third-order valence-electron chi connectivity index (χ3n) is 2.22. The van der Waals surface area contributed by atoms with E-state index in [1.54, 1.807) is 0 Å². The van der Waals surface area contributed by atoms with Gasteiger partial charge in [-0.25, -0.2) is 4.39 Å². The number of anilines is 3. The first kappa shape index (κ1) is 12.2. The molecule has 2 aromatic carbocycles. The quantitative estimate of drug-likeness (QED) is 0.797. The average molecular weight is 316 g/mol.